The molecule has 0 aromatic heterocycles. The summed E-state index contributed by atoms with van der Waals surface area (Å²) in [7, 11) is 0. The van der Waals surface area contributed by atoms with Crippen LogP contribution in [0.5, 0.6) is 0 Å². The predicted molar refractivity (Wildman–Crippen MR) is 91.1 cm³/mol. The number of hydrogen-bond donors (Lipinski definition) is 1. The topological polar surface area (TPSA) is 55.4 Å². The second kappa shape index (κ2) is 8.26. The highest BCUT2D eigenvalue weighted by molar-refractivity contribution is 6.30. The molecule has 4 nitrogen and oxygen atoms in total. The van der Waals surface area contributed by atoms with Crippen LogP contribution in [0, 0.1) is 5.82 Å². The zero-order valence-electron chi connectivity index (χ0n) is 12.8. The minimum absolute atomic E-state index is 0.402. The van der Waals surface area contributed by atoms with Gasteiger partial charge in [0.2, 0.25) is 0 Å². The van der Waals surface area contributed by atoms with E-state index in [0.29, 0.717) is 16.3 Å². The lowest BCUT2D eigenvalue weighted by molar-refractivity contribution is -0.148. The van der Waals surface area contributed by atoms with E-state index in [-0.39, 0.29) is 0 Å². The Morgan fingerprint density at radius 1 is 1.21 bits per heavy atom. The molecule has 1 atom stereocenters. The number of rotatable bonds is 5. The number of ether oxygens (including phenoxy) is 1. The number of esters is 1. The number of carbonyl (C=O) groups is 2. The molecular weight excluding hydrogens is 333 g/mol. The maximum Gasteiger partial charge on any atom is 0.331 e. The summed E-state index contributed by atoms with van der Waals surface area (Å²) in [4.78, 5) is 23.7. The van der Waals surface area contributed by atoms with Crippen molar-refractivity contribution in [1.29, 1.82) is 0 Å². The molecule has 0 radical (unpaired) electrons. The first-order valence-electron chi connectivity index (χ1n) is 7.15. The highest BCUT2D eigenvalue weighted by atomic mass is 35.5. The molecule has 0 fully saturated rings. The molecule has 6 heteroatoms. The molecule has 124 valence electrons. The fourth-order valence-corrected chi connectivity index (χ4v) is 1.94. The second-order valence-electron chi connectivity index (χ2n) is 4.96. The lowest BCUT2D eigenvalue weighted by Crippen LogP contribution is -2.29. The van der Waals surface area contributed by atoms with Gasteiger partial charge in [-0.05, 0) is 55.0 Å². The summed E-state index contributed by atoms with van der Waals surface area (Å²) >= 11 is 5.76. The van der Waals surface area contributed by atoms with Gasteiger partial charge in [-0.2, -0.15) is 0 Å². The standard InChI is InChI=1S/C18H15ClFNO3/c1-12(18(23)21-16-8-6-14(19)7-9-16)24-17(22)10-5-13-3-2-4-15(20)11-13/h2-12H,1H3,(H,21,23)/b10-5+/t12-/m1/s1. The molecular formula is C18H15ClFNO3. The highest BCUT2D eigenvalue weighted by Crippen LogP contribution is 2.14. The van der Waals surface area contributed by atoms with E-state index < -0.39 is 23.8 Å². The Labute approximate surface area is 143 Å². The Bertz CT molecular complexity index is 759. The van der Waals surface area contributed by atoms with Gasteiger partial charge in [0, 0.05) is 16.8 Å². The average Bonchev–Trinajstić information content (AvgIpc) is 2.55. The molecule has 1 N–H and O–H groups in total. The molecule has 0 heterocycles. The van der Waals surface area contributed by atoms with Gasteiger partial charge in [-0.15, -0.1) is 0 Å². The summed E-state index contributed by atoms with van der Waals surface area (Å²) < 4.78 is 18.0. The minimum atomic E-state index is -0.981. The maximum absolute atomic E-state index is 13.0. The summed E-state index contributed by atoms with van der Waals surface area (Å²) in [5, 5.41) is 3.16. The Hall–Kier alpha value is -2.66. The van der Waals surface area contributed by atoms with E-state index in [4.69, 9.17) is 16.3 Å². The third-order valence-electron chi connectivity index (χ3n) is 3.03. The van der Waals surface area contributed by atoms with E-state index in [1.807, 2.05) is 0 Å². The van der Waals surface area contributed by atoms with Crippen LogP contribution in [0.2, 0.25) is 5.02 Å². The fraction of sp³-hybridized carbons (Fsp3) is 0.111. The summed E-state index contributed by atoms with van der Waals surface area (Å²) in [6.45, 7) is 1.46. The van der Waals surface area contributed by atoms with Crippen molar-refractivity contribution in [1.82, 2.24) is 0 Å². The van der Waals surface area contributed by atoms with Gasteiger partial charge in [-0.1, -0.05) is 23.7 Å². The maximum atomic E-state index is 13.0. The zero-order valence-corrected chi connectivity index (χ0v) is 13.6. The Morgan fingerprint density at radius 3 is 2.58 bits per heavy atom. The van der Waals surface area contributed by atoms with Crippen LogP contribution in [0.1, 0.15) is 12.5 Å². The van der Waals surface area contributed by atoms with Crippen molar-refractivity contribution in [3.63, 3.8) is 0 Å². The third kappa shape index (κ3) is 5.52. The number of benzene rings is 2. The number of hydrogen-bond acceptors (Lipinski definition) is 3. The SMILES string of the molecule is C[C@@H](OC(=O)/C=C/c1cccc(F)c1)C(=O)Nc1ccc(Cl)cc1. The number of amides is 1. The summed E-state index contributed by atoms with van der Waals surface area (Å²) in [5.41, 5.74) is 1.06. The van der Waals surface area contributed by atoms with Crippen LogP contribution in [0.3, 0.4) is 0 Å². The van der Waals surface area contributed by atoms with Crippen LogP contribution in [0.25, 0.3) is 6.08 Å². The molecule has 0 spiro atoms. The predicted octanol–water partition coefficient (Wildman–Crippen LogP) is 4.06. The van der Waals surface area contributed by atoms with E-state index in [0.717, 1.165) is 6.08 Å². The van der Waals surface area contributed by atoms with Crippen LogP contribution in [-0.4, -0.2) is 18.0 Å². The van der Waals surface area contributed by atoms with Crippen LogP contribution in [-0.2, 0) is 14.3 Å². The molecule has 2 rings (SSSR count). The average molecular weight is 348 g/mol. The van der Waals surface area contributed by atoms with Crippen LogP contribution >= 0.6 is 11.6 Å². The smallest absolute Gasteiger partial charge is 0.331 e. The van der Waals surface area contributed by atoms with Crippen molar-refractivity contribution in [2.45, 2.75) is 13.0 Å². The van der Waals surface area contributed by atoms with Gasteiger partial charge in [-0.25, -0.2) is 9.18 Å². The van der Waals surface area contributed by atoms with E-state index in [2.05, 4.69) is 5.32 Å². The van der Waals surface area contributed by atoms with Gasteiger partial charge >= 0.3 is 5.97 Å². The third-order valence-corrected chi connectivity index (χ3v) is 3.29. The van der Waals surface area contributed by atoms with Gasteiger partial charge in [0.15, 0.2) is 6.10 Å². The first-order chi connectivity index (χ1) is 11.4. The second-order valence-corrected chi connectivity index (χ2v) is 5.40. The molecule has 0 bridgehead atoms. The zero-order chi connectivity index (χ0) is 17.5. The summed E-state index contributed by atoms with van der Waals surface area (Å²) in [5.74, 6) is -1.57. The quantitative estimate of drug-likeness (QED) is 0.655. The van der Waals surface area contributed by atoms with E-state index in [1.165, 1.54) is 31.2 Å². The molecule has 0 aliphatic heterocycles. The Kier molecular flexibility index (Phi) is 6.09. The first-order valence-corrected chi connectivity index (χ1v) is 7.52. The van der Waals surface area contributed by atoms with Crippen LogP contribution in [0.15, 0.2) is 54.6 Å². The highest BCUT2D eigenvalue weighted by Gasteiger charge is 2.16. The van der Waals surface area contributed by atoms with Crippen molar-refractivity contribution >= 4 is 35.2 Å². The largest absolute Gasteiger partial charge is 0.449 e. The molecule has 0 aliphatic rings. The van der Waals surface area contributed by atoms with Crippen molar-refractivity contribution in [3.05, 3.63) is 71.0 Å². The number of anilines is 1. The lowest BCUT2D eigenvalue weighted by Gasteiger charge is -2.12. The van der Waals surface area contributed by atoms with Crippen molar-refractivity contribution < 1.29 is 18.7 Å². The first kappa shape index (κ1) is 17.7. The number of carbonyl (C=O) groups excluding carboxylic acids is 2. The molecule has 2 aromatic rings. The molecule has 0 aliphatic carbocycles. The number of nitrogens with one attached hydrogen (secondary N) is 1. The normalized spacial score (nSPS) is 12.0. The van der Waals surface area contributed by atoms with Gasteiger partial charge in [0.1, 0.15) is 5.82 Å². The van der Waals surface area contributed by atoms with E-state index >= 15 is 0 Å². The summed E-state index contributed by atoms with van der Waals surface area (Å²) in [6.07, 6.45) is 1.57. The van der Waals surface area contributed by atoms with E-state index in [1.54, 1.807) is 30.3 Å². The van der Waals surface area contributed by atoms with Gasteiger partial charge in [-0.3, -0.25) is 4.79 Å². The van der Waals surface area contributed by atoms with Crippen LogP contribution in [0.4, 0.5) is 10.1 Å². The molecule has 2 aromatic carbocycles. The van der Waals surface area contributed by atoms with Gasteiger partial charge < -0.3 is 10.1 Å². The van der Waals surface area contributed by atoms with Crippen LogP contribution < -0.4 is 5.32 Å². The van der Waals surface area contributed by atoms with Gasteiger partial charge in [0.05, 0.1) is 0 Å². The van der Waals surface area contributed by atoms with Crippen molar-refractivity contribution in [2.75, 3.05) is 5.32 Å². The number of halogens is 2. The van der Waals surface area contributed by atoms with Crippen molar-refractivity contribution in [2.24, 2.45) is 0 Å². The molecule has 24 heavy (non-hydrogen) atoms. The summed E-state index contributed by atoms with van der Waals surface area (Å²) in [6, 6.07) is 12.3. The fourth-order valence-electron chi connectivity index (χ4n) is 1.82. The van der Waals surface area contributed by atoms with E-state index in [9.17, 15) is 14.0 Å². The Balaban J connectivity index is 1.88. The van der Waals surface area contributed by atoms with Crippen molar-refractivity contribution in [3.8, 4) is 0 Å². The lowest BCUT2D eigenvalue weighted by atomic mass is 10.2. The molecule has 0 saturated carbocycles. The Morgan fingerprint density at radius 2 is 1.92 bits per heavy atom. The molecule has 1 amide bonds. The monoisotopic (exact) mass is 347 g/mol. The minimum Gasteiger partial charge on any atom is -0.449 e. The molecule has 0 saturated heterocycles. The van der Waals surface area contributed by atoms with Gasteiger partial charge in [0.25, 0.3) is 5.91 Å². The molecule has 0 unspecified atom stereocenters.